The van der Waals surface area contributed by atoms with E-state index in [1.54, 1.807) is 5.56 Å². The van der Waals surface area contributed by atoms with Crippen LogP contribution in [0.4, 0.5) is 34.1 Å². The zero-order chi connectivity index (χ0) is 53.1. The van der Waals surface area contributed by atoms with Crippen LogP contribution in [-0.2, 0) is 43.3 Å². The molecule has 386 valence electrons. The molecule has 2 aliphatic heterocycles. The molecule has 0 bridgehead atoms. The largest absolute Gasteiger partial charge is 0.311 e. The van der Waals surface area contributed by atoms with Crippen molar-refractivity contribution in [2.75, 3.05) is 9.80 Å². The van der Waals surface area contributed by atoms with Crippen molar-refractivity contribution in [1.29, 1.82) is 0 Å². The molecule has 1 aromatic heterocycles. The van der Waals surface area contributed by atoms with Gasteiger partial charge in [0.25, 0.3) is 6.71 Å². The van der Waals surface area contributed by atoms with Gasteiger partial charge < -0.3 is 9.80 Å². The number of aryl methyl sites for hydroxylation is 1. The maximum atomic E-state index is 2.80. The molecule has 0 amide bonds. The van der Waals surface area contributed by atoms with Gasteiger partial charge in [0.1, 0.15) is 0 Å². The molecule has 2 nitrogen and oxygen atoms in total. The van der Waals surface area contributed by atoms with Crippen molar-refractivity contribution in [3.05, 3.63) is 147 Å². The minimum Gasteiger partial charge on any atom is -0.311 e. The van der Waals surface area contributed by atoms with Gasteiger partial charge in [-0.2, -0.15) is 0 Å². The predicted octanol–water partition coefficient (Wildman–Crippen LogP) is 18.4. The van der Waals surface area contributed by atoms with E-state index in [2.05, 4.69) is 236 Å². The van der Waals surface area contributed by atoms with Gasteiger partial charge in [0.05, 0.1) is 5.69 Å². The third kappa shape index (κ3) is 7.15. The fraction of sp³-hybridized carbons (Fsp3) is 0.465. The Hall–Kier alpha value is -5.06. The Morgan fingerprint density at radius 2 is 0.813 bits per heavy atom. The Morgan fingerprint density at radius 3 is 1.32 bits per heavy atom. The first-order valence-electron chi connectivity index (χ1n) is 29.0. The monoisotopic (exact) mass is 1010 g/mol. The molecule has 4 aliphatic carbocycles. The highest BCUT2D eigenvalue weighted by Crippen LogP contribution is 2.57. The molecule has 6 aromatic carbocycles. The Bertz CT molecular complexity index is 3600. The molecule has 7 aromatic rings. The van der Waals surface area contributed by atoms with Gasteiger partial charge in [-0.3, -0.25) is 0 Å². The fourth-order valence-electron chi connectivity index (χ4n) is 15.6. The van der Waals surface area contributed by atoms with Crippen molar-refractivity contribution in [2.45, 2.75) is 212 Å². The van der Waals surface area contributed by atoms with Gasteiger partial charge in [-0.1, -0.05) is 153 Å². The smallest absolute Gasteiger partial charge is 0.264 e. The van der Waals surface area contributed by atoms with Crippen LogP contribution in [0.5, 0.6) is 0 Å². The van der Waals surface area contributed by atoms with Crippen LogP contribution in [0.1, 0.15) is 212 Å². The molecular weight excluding hydrogens is 924 g/mol. The van der Waals surface area contributed by atoms with Gasteiger partial charge in [0.15, 0.2) is 0 Å². The molecule has 0 N–H and O–H groups in total. The van der Waals surface area contributed by atoms with Crippen LogP contribution < -0.4 is 25.5 Å². The number of hydrogen-bond acceptors (Lipinski definition) is 3. The second-order valence-corrected chi connectivity index (χ2v) is 31.1. The zero-order valence-corrected chi connectivity index (χ0v) is 49.6. The van der Waals surface area contributed by atoms with Crippen LogP contribution in [0.15, 0.2) is 97.1 Å². The van der Waals surface area contributed by atoms with Gasteiger partial charge in [0, 0.05) is 43.3 Å². The lowest BCUT2D eigenvalue weighted by Gasteiger charge is -2.48. The van der Waals surface area contributed by atoms with Gasteiger partial charge >= 0.3 is 0 Å². The molecule has 0 unspecified atom stereocenters. The van der Waals surface area contributed by atoms with E-state index in [0.717, 1.165) is 0 Å². The lowest BCUT2D eigenvalue weighted by Crippen LogP contribution is -2.61. The molecule has 3 heterocycles. The lowest BCUT2D eigenvalue weighted by molar-refractivity contribution is 0.332. The minimum atomic E-state index is 0.0426. The van der Waals surface area contributed by atoms with Crippen molar-refractivity contribution in [3.8, 4) is 11.1 Å². The van der Waals surface area contributed by atoms with Crippen molar-refractivity contribution < 1.29 is 0 Å². The molecule has 0 radical (unpaired) electrons. The fourth-order valence-corrected chi connectivity index (χ4v) is 17.0. The van der Waals surface area contributed by atoms with E-state index in [0.29, 0.717) is 0 Å². The van der Waals surface area contributed by atoms with Crippen molar-refractivity contribution in [2.24, 2.45) is 0 Å². The Labute approximate surface area is 455 Å². The normalized spacial score (nSPS) is 22.0. The van der Waals surface area contributed by atoms with Gasteiger partial charge in [-0.25, -0.2) is 0 Å². The molecule has 0 spiro atoms. The van der Waals surface area contributed by atoms with E-state index in [1.165, 1.54) is 167 Å². The van der Waals surface area contributed by atoms with Crippen molar-refractivity contribution >= 4 is 78.0 Å². The standard InChI is InChI=1S/C71H83BN2S/c1-42-20-18-19-21-46(42)43-34-58-61-59(35-43)74(45-23-25-49-51(37-45)67(8,9)29-27-65(49,4)5)62-47-38-52-55(71(16,17)33-30-68(52,10)11)41-60(47)75-63(62)72(61)56-39-53-54(70(14,15)32-31-69(53,12)13)40-57(56)73(58)44-22-24-48-50(36-44)66(6,7)28-26-64(48,2)3/h18-25,34-41H,26-33H2,1-17H3. The third-order valence-electron chi connectivity index (χ3n) is 21.3. The SMILES string of the molecule is Cc1ccccc1-c1cc2c3c(c1)N(c1ccc4c(c1)C(C)(C)CCC4(C)C)c1c(sc4cc5c(cc14)C(C)(C)CCC5(C)C)B3c1cc3c(cc1N2c1ccc2c(c1)C(C)(C)CCC2(C)C)C(C)(C)CCC3(C)C. The van der Waals surface area contributed by atoms with E-state index in [1.807, 2.05) is 0 Å². The van der Waals surface area contributed by atoms with E-state index in [-0.39, 0.29) is 50.0 Å². The molecular formula is C71H83BN2S. The summed E-state index contributed by atoms with van der Waals surface area (Å²) in [5.41, 5.74) is 27.5. The van der Waals surface area contributed by atoms with Crippen LogP contribution in [0.25, 0.3) is 21.2 Å². The van der Waals surface area contributed by atoms with Crippen LogP contribution in [0, 0.1) is 6.92 Å². The van der Waals surface area contributed by atoms with Crippen molar-refractivity contribution in [1.82, 2.24) is 0 Å². The summed E-state index contributed by atoms with van der Waals surface area (Å²) in [6, 6.07) is 40.5. The van der Waals surface area contributed by atoms with E-state index in [4.69, 9.17) is 0 Å². The molecule has 6 aliphatic rings. The lowest BCUT2D eigenvalue weighted by atomic mass is 9.35. The number of benzene rings is 6. The first kappa shape index (κ1) is 49.5. The predicted molar refractivity (Wildman–Crippen MR) is 327 cm³/mol. The van der Waals surface area contributed by atoms with Crippen LogP contribution in [0.3, 0.4) is 0 Å². The molecule has 75 heavy (non-hydrogen) atoms. The summed E-state index contributed by atoms with van der Waals surface area (Å²) in [4.78, 5) is 5.56. The summed E-state index contributed by atoms with van der Waals surface area (Å²) in [6.07, 6.45) is 9.51. The van der Waals surface area contributed by atoms with Gasteiger partial charge in [0.2, 0.25) is 0 Å². The van der Waals surface area contributed by atoms with Gasteiger partial charge in [-0.05, 0) is 228 Å². The summed E-state index contributed by atoms with van der Waals surface area (Å²) < 4.78 is 2.91. The van der Waals surface area contributed by atoms with E-state index < -0.39 is 0 Å². The summed E-state index contributed by atoms with van der Waals surface area (Å²) >= 11 is 2.10. The molecule has 0 saturated carbocycles. The number of fused-ring (bicyclic) bond motifs is 10. The average molecular weight is 1010 g/mol. The van der Waals surface area contributed by atoms with Crippen LogP contribution >= 0.6 is 11.3 Å². The second-order valence-electron chi connectivity index (χ2n) is 30.0. The molecule has 0 saturated heterocycles. The highest BCUT2D eigenvalue weighted by molar-refractivity contribution is 7.33. The topological polar surface area (TPSA) is 6.48 Å². The number of rotatable bonds is 3. The molecule has 13 rings (SSSR count). The summed E-state index contributed by atoms with van der Waals surface area (Å²) in [7, 11) is 0. The molecule has 0 fully saturated rings. The summed E-state index contributed by atoms with van der Waals surface area (Å²) in [5, 5.41) is 1.41. The number of thiophene rings is 1. The quantitative estimate of drug-likeness (QED) is 0.163. The summed E-state index contributed by atoms with van der Waals surface area (Å²) in [5.74, 6) is 0. The first-order chi connectivity index (χ1) is 35.0. The summed E-state index contributed by atoms with van der Waals surface area (Å²) in [6.45, 7) is 42.3. The molecule has 4 heteroatoms. The Morgan fingerprint density at radius 1 is 0.400 bits per heavy atom. The highest BCUT2D eigenvalue weighted by atomic mass is 32.1. The Balaban J connectivity index is 1.20. The Kier molecular flexibility index (Phi) is 10.3. The van der Waals surface area contributed by atoms with Crippen LogP contribution in [-0.4, -0.2) is 6.71 Å². The second kappa shape index (κ2) is 15.6. The average Bonchev–Trinajstić information content (AvgIpc) is 3.74. The number of nitrogens with zero attached hydrogens (tertiary/aromatic N) is 2. The first-order valence-corrected chi connectivity index (χ1v) is 29.8. The maximum absolute atomic E-state index is 2.80. The zero-order valence-electron chi connectivity index (χ0n) is 48.8. The third-order valence-corrected chi connectivity index (χ3v) is 22.5. The number of anilines is 6. The number of hydrogen-bond donors (Lipinski definition) is 0. The van der Waals surface area contributed by atoms with Crippen molar-refractivity contribution in [3.63, 3.8) is 0 Å². The van der Waals surface area contributed by atoms with E-state index >= 15 is 0 Å². The molecule has 0 atom stereocenters. The highest BCUT2D eigenvalue weighted by Gasteiger charge is 2.50. The minimum absolute atomic E-state index is 0.0426. The van der Waals surface area contributed by atoms with Gasteiger partial charge in [-0.15, -0.1) is 11.3 Å². The van der Waals surface area contributed by atoms with Crippen LogP contribution in [0.2, 0.25) is 0 Å². The maximum Gasteiger partial charge on any atom is 0.264 e. The van der Waals surface area contributed by atoms with E-state index in [9.17, 15) is 0 Å².